The zero-order chi connectivity index (χ0) is 15.7. The quantitative estimate of drug-likeness (QED) is 0.685. The van der Waals surface area contributed by atoms with Crippen molar-refractivity contribution in [3.8, 4) is 5.75 Å². The molecule has 0 spiro atoms. The lowest BCUT2D eigenvalue weighted by molar-refractivity contribution is -0.122. The van der Waals surface area contributed by atoms with E-state index in [1.165, 1.54) is 0 Å². The van der Waals surface area contributed by atoms with E-state index < -0.39 is 0 Å². The predicted octanol–water partition coefficient (Wildman–Crippen LogP) is 2.80. The highest BCUT2D eigenvalue weighted by Crippen LogP contribution is 2.21. The molecular weight excluding hydrogens is 300 g/mol. The summed E-state index contributed by atoms with van der Waals surface area (Å²) in [5.41, 5.74) is 1.13. The van der Waals surface area contributed by atoms with Gasteiger partial charge >= 0.3 is 0 Å². The topological polar surface area (TPSA) is 50.4 Å². The van der Waals surface area contributed by atoms with E-state index in [1.807, 2.05) is 25.2 Å². The number of para-hydroxylation sites is 1. The highest BCUT2D eigenvalue weighted by atomic mass is 35.5. The summed E-state index contributed by atoms with van der Waals surface area (Å²) >= 11 is 0. The van der Waals surface area contributed by atoms with E-state index in [0.717, 1.165) is 30.7 Å². The van der Waals surface area contributed by atoms with Gasteiger partial charge in [-0.25, -0.2) is 0 Å². The highest BCUT2D eigenvalue weighted by molar-refractivity contribution is 5.85. The second-order valence-electron chi connectivity index (χ2n) is 5.64. The first-order valence-electron chi connectivity index (χ1n) is 7.64. The first-order valence-corrected chi connectivity index (χ1v) is 7.64. The molecule has 0 saturated carbocycles. The number of carbonyl (C=O) groups is 1. The molecule has 4 nitrogen and oxygen atoms in total. The lowest BCUT2D eigenvalue weighted by Crippen LogP contribution is -2.40. The Kier molecular flexibility index (Phi) is 10.7. The molecule has 1 aromatic carbocycles. The molecule has 1 unspecified atom stereocenters. The molecule has 126 valence electrons. The van der Waals surface area contributed by atoms with Crippen LogP contribution in [0.15, 0.2) is 24.3 Å². The van der Waals surface area contributed by atoms with Crippen molar-refractivity contribution < 1.29 is 9.53 Å². The fourth-order valence-electron chi connectivity index (χ4n) is 2.27. The zero-order valence-corrected chi connectivity index (χ0v) is 14.8. The third kappa shape index (κ3) is 7.14. The number of methoxy groups -OCH3 is 1. The molecule has 0 aromatic heterocycles. The Hall–Kier alpha value is -1.26. The fraction of sp³-hybridized carbons (Fsp3) is 0.588. The van der Waals surface area contributed by atoms with Crippen molar-refractivity contribution in [2.24, 2.45) is 5.92 Å². The Labute approximate surface area is 140 Å². The summed E-state index contributed by atoms with van der Waals surface area (Å²) in [5.74, 6) is 1.38. The monoisotopic (exact) mass is 328 g/mol. The standard InChI is InChI=1S/C17H28N2O2.ClH/c1-13(2)15(19-17(20)10-7-11-18-3)12-14-8-5-6-9-16(14)21-4;/h5-6,8-9,13,15,18H,7,10-12H2,1-4H3,(H,19,20);1H. The lowest BCUT2D eigenvalue weighted by atomic mass is 9.95. The van der Waals surface area contributed by atoms with Crippen molar-refractivity contribution in [3.63, 3.8) is 0 Å². The number of hydrogen-bond acceptors (Lipinski definition) is 3. The molecule has 1 atom stereocenters. The van der Waals surface area contributed by atoms with Gasteiger partial charge < -0.3 is 15.4 Å². The maximum Gasteiger partial charge on any atom is 0.220 e. The minimum atomic E-state index is 0. The maximum atomic E-state index is 12.0. The Morgan fingerprint density at radius 1 is 1.27 bits per heavy atom. The zero-order valence-electron chi connectivity index (χ0n) is 14.0. The van der Waals surface area contributed by atoms with Crippen LogP contribution in [0.4, 0.5) is 0 Å². The summed E-state index contributed by atoms with van der Waals surface area (Å²) in [5, 5.41) is 6.21. The Bertz CT molecular complexity index is 438. The summed E-state index contributed by atoms with van der Waals surface area (Å²) < 4.78 is 5.39. The van der Waals surface area contributed by atoms with Crippen molar-refractivity contribution in [2.45, 2.75) is 39.2 Å². The third-order valence-corrected chi connectivity index (χ3v) is 3.61. The largest absolute Gasteiger partial charge is 0.496 e. The van der Waals surface area contributed by atoms with Crippen LogP contribution in [-0.4, -0.2) is 32.7 Å². The van der Waals surface area contributed by atoms with Gasteiger partial charge in [-0.05, 0) is 44.0 Å². The smallest absolute Gasteiger partial charge is 0.220 e. The molecule has 0 aliphatic carbocycles. The number of hydrogen-bond donors (Lipinski definition) is 2. The second kappa shape index (κ2) is 11.3. The van der Waals surface area contributed by atoms with Crippen molar-refractivity contribution in [1.82, 2.24) is 10.6 Å². The fourth-order valence-corrected chi connectivity index (χ4v) is 2.27. The van der Waals surface area contributed by atoms with Gasteiger partial charge in [0.2, 0.25) is 5.91 Å². The average Bonchev–Trinajstić information content (AvgIpc) is 2.47. The number of rotatable bonds is 9. The molecule has 1 amide bonds. The maximum absolute atomic E-state index is 12.0. The van der Waals surface area contributed by atoms with Crippen molar-refractivity contribution >= 4 is 18.3 Å². The first kappa shape index (κ1) is 20.7. The van der Waals surface area contributed by atoms with Crippen LogP contribution < -0.4 is 15.4 Å². The highest BCUT2D eigenvalue weighted by Gasteiger charge is 2.18. The van der Waals surface area contributed by atoms with E-state index in [-0.39, 0.29) is 24.4 Å². The summed E-state index contributed by atoms with van der Waals surface area (Å²) in [6, 6.07) is 8.11. The van der Waals surface area contributed by atoms with Crippen LogP contribution in [0.5, 0.6) is 5.75 Å². The summed E-state index contributed by atoms with van der Waals surface area (Å²) in [4.78, 5) is 12.0. The Balaban J connectivity index is 0.00000441. The van der Waals surface area contributed by atoms with Gasteiger partial charge in [-0.2, -0.15) is 0 Å². The molecule has 0 aliphatic heterocycles. The molecule has 0 aliphatic rings. The van der Waals surface area contributed by atoms with E-state index in [9.17, 15) is 4.79 Å². The van der Waals surface area contributed by atoms with Gasteiger partial charge in [0.15, 0.2) is 0 Å². The van der Waals surface area contributed by atoms with Gasteiger partial charge in [0.25, 0.3) is 0 Å². The van der Waals surface area contributed by atoms with Crippen LogP contribution in [0, 0.1) is 5.92 Å². The molecule has 2 N–H and O–H groups in total. The van der Waals surface area contributed by atoms with Crippen LogP contribution in [-0.2, 0) is 11.2 Å². The van der Waals surface area contributed by atoms with E-state index in [2.05, 4.69) is 30.5 Å². The molecule has 0 radical (unpaired) electrons. The number of benzene rings is 1. The minimum Gasteiger partial charge on any atom is -0.496 e. The number of halogens is 1. The van der Waals surface area contributed by atoms with E-state index in [4.69, 9.17) is 4.74 Å². The Morgan fingerprint density at radius 2 is 1.95 bits per heavy atom. The van der Waals surface area contributed by atoms with Gasteiger partial charge in [0.05, 0.1) is 7.11 Å². The van der Waals surface area contributed by atoms with E-state index in [1.54, 1.807) is 7.11 Å². The van der Waals surface area contributed by atoms with Gasteiger partial charge in [0, 0.05) is 12.5 Å². The van der Waals surface area contributed by atoms with Gasteiger partial charge in [-0.1, -0.05) is 32.0 Å². The number of amides is 1. The summed E-state index contributed by atoms with van der Waals surface area (Å²) in [6.07, 6.45) is 2.22. The molecule has 1 aromatic rings. The van der Waals surface area contributed by atoms with Crippen LogP contribution in [0.1, 0.15) is 32.3 Å². The summed E-state index contributed by atoms with van der Waals surface area (Å²) in [7, 11) is 3.58. The van der Waals surface area contributed by atoms with Crippen molar-refractivity contribution in [3.05, 3.63) is 29.8 Å². The van der Waals surface area contributed by atoms with Gasteiger partial charge in [0.1, 0.15) is 5.75 Å². The van der Waals surface area contributed by atoms with E-state index in [0.29, 0.717) is 12.3 Å². The van der Waals surface area contributed by atoms with Crippen LogP contribution >= 0.6 is 12.4 Å². The number of ether oxygens (including phenoxy) is 1. The van der Waals surface area contributed by atoms with Crippen LogP contribution in [0.3, 0.4) is 0 Å². The van der Waals surface area contributed by atoms with Crippen molar-refractivity contribution in [2.75, 3.05) is 20.7 Å². The molecule has 1 rings (SSSR count). The van der Waals surface area contributed by atoms with Crippen LogP contribution in [0.25, 0.3) is 0 Å². The normalized spacial score (nSPS) is 11.7. The molecule has 0 heterocycles. The molecule has 0 saturated heterocycles. The third-order valence-electron chi connectivity index (χ3n) is 3.61. The van der Waals surface area contributed by atoms with Gasteiger partial charge in [-0.3, -0.25) is 4.79 Å². The Morgan fingerprint density at radius 3 is 2.55 bits per heavy atom. The summed E-state index contributed by atoms with van der Waals surface area (Å²) in [6.45, 7) is 5.13. The molecule has 22 heavy (non-hydrogen) atoms. The van der Waals surface area contributed by atoms with Crippen LogP contribution in [0.2, 0.25) is 0 Å². The molecule has 0 fully saturated rings. The minimum absolute atomic E-state index is 0. The number of nitrogens with one attached hydrogen (secondary N) is 2. The van der Waals surface area contributed by atoms with Gasteiger partial charge in [-0.15, -0.1) is 12.4 Å². The van der Waals surface area contributed by atoms with E-state index >= 15 is 0 Å². The molecule has 5 heteroatoms. The lowest BCUT2D eigenvalue weighted by Gasteiger charge is -2.23. The second-order valence-corrected chi connectivity index (χ2v) is 5.64. The SMILES string of the molecule is CNCCCC(=O)NC(Cc1ccccc1OC)C(C)C.Cl. The predicted molar refractivity (Wildman–Crippen MR) is 93.9 cm³/mol. The first-order chi connectivity index (χ1) is 10.1. The number of carbonyl (C=O) groups excluding carboxylic acids is 1. The average molecular weight is 329 g/mol. The molecule has 0 bridgehead atoms. The van der Waals surface area contributed by atoms with Crippen molar-refractivity contribution in [1.29, 1.82) is 0 Å². The molecular formula is C17H29ClN2O2.